The standard InChI is InChI=1S/C26H34ClN6O5PS/c1-15-12-20(36-24(15)33-14-29-21-22(33)30-26(28)31-23(21)40-3)13-35-39(38-19-10-8-17(27)9-11-19)32-16(2)25(34)37-18-6-4-5-7-18/h8-11,14-16,18,20,24,32H,4-7,12-13H2,1-3H3,(H2,28,30,31)/t15?,16?,20?,24-,39?/m1/s1. The van der Waals surface area contributed by atoms with Crippen LogP contribution in [0.3, 0.4) is 0 Å². The summed E-state index contributed by atoms with van der Waals surface area (Å²) in [5.41, 5.74) is 7.28. The molecule has 0 radical (unpaired) electrons. The van der Waals surface area contributed by atoms with Crippen LogP contribution in [0.1, 0.15) is 52.2 Å². The van der Waals surface area contributed by atoms with Gasteiger partial charge >= 0.3 is 14.5 Å². The SMILES string of the molecule is CSc1nc(N)nc2c1ncn2[C@@H]1OC(COP(NC(C)C(=O)OC2CCCC2)Oc2ccc(Cl)cc2)CC1C. The summed E-state index contributed by atoms with van der Waals surface area (Å²) in [6, 6.07) is 6.39. The molecule has 11 nitrogen and oxygen atoms in total. The number of nitrogens with one attached hydrogen (secondary N) is 1. The number of ether oxygens (including phenoxy) is 2. The van der Waals surface area contributed by atoms with Crippen LogP contribution >= 0.6 is 31.9 Å². The maximum absolute atomic E-state index is 12.7. The minimum Gasteiger partial charge on any atom is -0.461 e. The quantitative estimate of drug-likeness (QED) is 0.124. The lowest BCUT2D eigenvalue weighted by atomic mass is 10.1. The molecule has 3 aromatic rings. The smallest absolute Gasteiger partial charge is 0.323 e. The molecule has 2 aromatic heterocycles. The molecule has 0 spiro atoms. The number of benzene rings is 1. The number of esters is 1. The summed E-state index contributed by atoms with van der Waals surface area (Å²) in [6.45, 7) is 4.13. The van der Waals surface area contributed by atoms with Crippen LogP contribution in [0.4, 0.5) is 5.95 Å². The molecule has 2 fully saturated rings. The van der Waals surface area contributed by atoms with E-state index < -0.39 is 14.6 Å². The second kappa shape index (κ2) is 13.2. The van der Waals surface area contributed by atoms with Gasteiger partial charge in [-0.05, 0) is 69.5 Å². The third-order valence-corrected chi connectivity index (χ3v) is 9.23. The van der Waals surface area contributed by atoms with Crippen LogP contribution in [0.5, 0.6) is 5.75 Å². The minimum absolute atomic E-state index is 0.0155. The predicted molar refractivity (Wildman–Crippen MR) is 155 cm³/mol. The van der Waals surface area contributed by atoms with E-state index in [2.05, 4.69) is 27.0 Å². The molecule has 40 heavy (non-hydrogen) atoms. The normalized spacial score (nSPS) is 22.9. The van der Waals surface area contributed by atoms with Crippen molar-refractivity contribution < 1.29 is 23.3 Å². The molecular weight excluding hydrogens is 575 g/mol. The largest absolute Gasteiger partial charge is 0.461 e. The van der Waals surface area contributed by atoms with Gasteiger partial charge in [0.1, 0.15) is 34.7 Å². The Morgan fingerprint density at radius 3 is 2.77 bits per heavy atom. The van der Waals surface area contributed by atoms with Crippen LogP contribution < -0.4 is 15.3 Å². The Labute approximate surface area is 243 Å². The Morgan fingerprint density at radius 2 is 2.05 bits per heavy atom. The van der Waals surface area contributed by atoms with E-state index in [0.29, 0.717) is 21.9 Å². The summed E-state index contributed by atoms with van der Waals surface area (Å²) in [5, 5.41) is 4.50. The van der Waals surface area contributed by atoms with Crippen molar-refractivity contribution >= 4 is 55.0 Å². The summed E-state index contributed by atoms with van der Waals surface area (Å²) in [7, 11) is -1.70. The summed E-state index contributed by atoms with van der Waals surface area (Å²) in [6.07, 6.45) is 7.88. The number of carbonyl (C=O) groups excluding carboxylic acids is 1. The van der Waals surface area contributed by atoms with Crippen LogP contribution in [0, 0.1) is 5.92 Å². The zero-order valence-corrected chi connectivity index (χ0v) is 25.1. The molecule has 216 valence electrons. The van der Waals surface area contributed by atoms with Crippen LogP contribution in [0.15, 0.2) is 35.6 Å². The molecule has 1 aromatic carbocycles. The number of hydrogen-bond donors (Lipinski definition) is 2. The van der Waals surface area contributed by atoms with Crippen molar-refractivity contribution in [2.45, 2.75) is 75.5 Å². The zero-order valence-electron chi connectivity index (χ0n) is 22.7. The number of nitrogens with two attached hydrogens (primary N) is 1. The molecular formula is C26H34ClN6O5PS. The highest BCUT2D eigenvalue weighted by atomic mass is 35.5. The Bertz CT molecular complexity index is 1310. The predicted octanol–water partition coefficient (Wildman–Crippen LogP) is 5.49. The Hall–Kier alpha value is -2.21. The van der Waals surface area contributed by atoms with E-state index >= 15 is 0 Å². The molecule has 5 atom stereocenters. The number of fused-ring (bicyclic) bond motifs is 1. The van der Waals surface area contributed by atoms with Gasteiger partial charge in [-0.1, -0.05) is 18.5 Å². The first kappa shape index (κ1) is 29.3. The number of nitrogen functional groups attached to an aromatic ring is 1. The molecule has 0 amide bonds. The van der Waals surface area contributed by atoms with E-state index in [-0.39, 0.29) is 42.9 Å². The van der Waals surface area contributed by atoms with Gasteiger partial charge in [0.25, 0.3) is 0 Å². The number of carbonyl (C=O) groups is 1. The van der Waals surface area contributed by atoms with Crippen molar-refractivity contribution in [3.05, 3.63) is 35.6 Å². The first-order chi connectivity index (χ1) is 19.3. The lowest BCUT2D eigenvalue weighted by Crippen LogP contribution is -2.35. The average molecular weight is 609 g/mol. The second-order valence-electron chi connectivity index (χ2n) is 10.1. The topological polar surface area (TPSA) is 136 Å². The number of rotatable bonds is 11. The van der Waals surface area contributed by atoms with Gasteiger partial charge in [-0.2, -0.15) is 4.98 Å². The number of halogens is 1. The fourth-order valence-corrected chi connectivity index (χ4v) is 6.78. The fraction of sp³-hybridized carbons (Fsp3) is 0.538. The van der Waals surface area contributed by atoms with Crippen molar-refractivity contribution in [2.75, 3.05) is 18.6 Å². The highest BCUT2D eigenvalue weighted by molar-refractivity contribution is 7.98. The van der Waals surface area contributed by atoms with Crippen LogP contribution in [-0.4, -0.2) is 56.6 Å². The molecule has 1 saturated heterocycles. The highest BCUT2D eigenvalue weighted by Crippen LogP contribution is 2.41. The summed E-state index contributed by atoms with van der Waals surface area (Å²) >= 11 is 7.51. The molecule has 1 aliphatic heterocycles. The van der Waals surface area contributed by atoms with Gasteiger partial charge in [-0.25, -0.2) is 15.1 Å². The maximum Gasteiger partial charge on any atom is 0.323 e. The number of nitrogens with zero attached hydrogens (tertiary/aromatic N) is 4. The van der Waals surface area contributed by atoms with Crippen molar-refractivity contribution in [3.8, 4) is 5.75 Å². The fourth-order valence-electron chi connectivity index (χ4n) is 4.92. The van der Waals surface area contributed by atoms with Gasteiger partial charge in [0.05, 0.1) is 19.0 Å². The van der Waals surface area contributed by atoms with E-state index in [4.69, 9.17) is 35.9 Å². The van der Waals surface area contributed by atoms with Gasteiger partial charge in [-0.15, -0.1) is 11.8 Å². The lowest BCUT2D eigenvalue weighted by Gasteiger charge is -2.24. The van der Waals surface area contributed by atoms with E-state index in [1.807, 2.05) is 10.8 Å². The summed E-state index contributed by atoms with van der Waals surface area (Å²) in [5.74, 6) is 0.619. The summed E-state index contributed by atoms with van der Waals surface area (Å²) in [4.78, 5) is 26.0. The third kappa shape index (κ3) is 6.98. The van der Waals surface area contributed by atoms with E-state index in [9.17, 15) is 4.79 Å². The minimum atomic E-state index is -1.70. The molecule has 1 saturated carbocycles. The zero-order chi connectivity index (χ0) is 28.2. The molecule has 1 aliphatic carbocycles. The Kier molecular flexibility index (Phi) is 9.65. The number of aromatic nitrogens is 4. The first-order valence-corrected chi connectivity index (χ1v) is 16.1. The molecule has 4 unspecified atom stereocenters. The van der Waals surface area contributed by atoms with Gasteiger partial charge in [-0.3, -0.25) is 9.36 Å². The van der Waals surface area contributed by atoms with Gasteiger partial charge in [0, 0.05) is 10.9 Å². The molecule has 14 heteroatoms. The monoisotopic (exact) mass is 608 g/mol. The number of imidazole rings is 1. The number of anilines is 1. The molecule has 2 aliphatic rings. The van der Waals surface area contributed by atoms with Crippen LogP contribution in [0.2, 0.25) is 5.02 Å². The lowest BCUT2D eigenvalue weighted by molar-refractivity contribution is -0.150. The molecule has 3 heterocycles. The van der Waals surface area contributed by atoms with E-state index in [1.165, 1.54) is 11.8 Å². The van der Waals surface area contributed by atoms with Crippen molar-refractivity contribution in [3.63, 3.8) is 0 Å². The van der Waals surface area contributed by atoms with Crippen molar-refractivity contribution in [1.82, 2.24) is 24.6 Å². The van der Waals surface area contributed by atoms with Gasteiger partial charge in [0.2, 0.25) is 5.95 Å². The van der Waals surface area contributed by atoms with E-state index in [1.54, 1.807) is 37.5 Å². The second-order valence-corrected chi connectivity index (χ2v) is 12.5. The van der Waals surface area contributed by atoms with Crippen molar-refractivity contribution in [2.24, 2.45) is 5.92 Å². The Balaban J connectivity index is 1.24. The van der Waals surface area contributed by atoms with E-state index in [0.717, 1.165) is 37.1 Å². The van der Waals surface area contributed by atoms with Gasteiger partial charge in [0.15, 0.2) is 5.65 Å². The molecule has 3 N–H and O–H groups in total. The Morgan fingerprint density at radius 1 is 1.30 bits per heavy atom. The van der Waals surface area contributed by atoms with Crippen LogP contribution in [0.25, 0.3) is 11.2 Å². The highest BCUT2D eigenvalue weighted by Gasteiger charge is 2.36. The maximum atomic E-state index is 12.7. The molecule has 0 bridgehead atoms. The summed E-state index contributed by atoms with van der Waals surface area (Å²) < 4.78 is 26.3. The average Bonchev–Trinajstić information content (AvgIpc) is 3.68. The molecule has 5 rings (SSSR count). The third-order valence-electron chi connectivity index (χ3n) is 6.94. The number of hydrogen-bond acceptors (Lipinski definition) is 11. The first-order valence-electron chi connectivity index (χ1n) is 13.3. The van der Waals surface area contributed by atoms with Crippen molar-refractivity contribution in [1.29, 1.82) is 0 Å². The van der Waals surface area contributed by atoms with Gasteiger partial charge < -0.3 is 24.3 Å². The number of thioether (sulfide) groups is 1. The van der Waals surface area contributed by atoms with Crippen LogP contribution in [-0.2, 0) is 18.8 Å².